The second-order valence-electron chi connectivity index (χ2n) is 9.33. The predicted octanol–water partition coefficient (Wildman–Crippen LogP) is 5.41. The van der Waals surface area contributed by atoms with Gasteiger partial charge in [-0.25, -0.2) is 4.68 Å². The topological polar surface area (TPSA) is 85.8 Å². The molecule has 33 heavy (non-hydrogen) atoms. The van der Waals surface area contributed by atoms with E-state index in [1.165, 1.54) is 0 Å². The van der Waals surface area contributed by atoms with Gasteiger partial charge in [0.1, 0.15) is 5.82 Å². The summed E-state index contributed by atoms with van der Waals surface area (Å²) in [5, 5.41) is 16.0. The highest BCUT2D eigenvalue weighted by Gasteiger charge is 2.22. The lowest BCUT2D eigenvalue weighted by Gasteiger charge is -2.14. The van der Waals surface area contributed by atoms with Gasteiger partial charge in [0.2, 0.25) is 17.7 Å². The summed E-state index contributed by atoms with van der Waals surface area (Å²) in [6.07, 6.45) is 0.578. The average Bonchev–Trinajstić information content (AvgIpc) is 3.40. The van der Waals surface area contributed by atoms with Gasteiger partial charge in [-0.15, -0.1) is 10.2 Å². The highest BCUT2D eigenvalue weighted by molar-refractivity contribution is 5.90. The van der Waals surface area contributed by atoms with E-state index in [9.17, 15) is 4.79 Å². The maximum Gasteiger partial charge on any atom is 0.247 e. The maximum absolute atomic E-state index is 12.8. The highest BCUT2D eigenvalue weighted by Crippen LogP contribution is 2.27. The molecule has 1 N–H and O–H groups in total. The van der Waals surface area contributed by atoms with Gasteiger partial charge in [0.25, 0.3) is 0 Å². The van der Waals surface area contributed by atoms with Crippen LogP contribution in [0.2, 0.25) is 0 Å². The van der Waals surface area contributed by atoms with Crippen LogP contribution in [0.5, 0.6) is 0 Å². The molecule has 7 heteroatoms. The van der Waals surface area contributed by atoms with E-state index < -0.39 is 0 Å². The molecule has 1 amide bonds. The number of aryl methyl sites for hydroxylation is 3. The van der Waals surface area contributed by atoms with Crippen molar-refractivity contribution in [3.63, 3.8) is 0 Å². The molecule has 0 spiro atoms. The van der Waals surface area contributed by atoms with Crippen LogP contribution in [0.15, 0.2) is 59.0 Å². The van der Waals surface area contributed by atoms with E-state index in [0.29, 0.717) is 24.0 Å². The van der Waals surface area contributed by atoms with E-state index in [4.69, 9.17) is 9.52 Å². The number of carbonyl (C=O) groups excluding carboxylic acids is 1. The number of hydrogen-bond donors (Lipinski definition) is 1. The number of amides is 1. The zero-order valence-corrected chi connectivity index (χ0v) is 19.7. The molecule has 2 aromatic heterocycles. The molecule has 4 rings (SSSR count). The van der Waals surface area contributed by atoms with Crippen LogP contribution >= 0.6 is 0 Å². The Morgan fingerprint density at radius 3 is 2.45 bits per heavy atom. The summed E-state index contributed by atoms with van der Waals surface area (Å²) < 4.78 is 7.53. The molecular formula is C26H29N5O2. The quantitative estimate of drug-likeness (QED) is 0.431. The van der Waals surface area contributed by atoms with Gasteiger partial charge in [-0.05, 0) is 43.7 Å². The molecule has 0 fully saturated rings. The van der Waals surface area contributed by atoms with Crippen LogP contribution in [0.25, 0.3) is 17.1 Å². The van der Waals surface area contributed by atoms with Gasteiger partial charge in [-0.3, -0.25) is 4.79 Å². The summed E-state index contributed by atoms with van der Waals surface area (Å²) in [4.78, 5) is 12.8. The predicted molar refractivity (Wildman–Crippen MR) is 128 cm³/mol. The Morgan fingerprint density at radius 1 is 1.00 bits per heavy atom. The zero-order chi connectivity index (χ0) is 23.6. The summed E-state index contributed by atoms with van der Waals surface area (Å²) in [5.74, 6) is 1.39. The summed E-state index contributed by atoms with van der Waals surface area (Å²) in [6.45, 7) is 10.4. The Bertz CT molecular complexity index is 1260. The molecule has 0 atom stereocenters. The molecule has 0 saturated heterocycles. The van der Waals surface area contributed by atoms with E-state index in [1.807, 2.05) is 68.4 Å². The van der Waals surface area contributed by atoms with Crippen molar-refractivity contribution in [3.8, 4) is 17.1 Å². The molecule has 0 radical (unpaired) electrons. The van der Waals surface area contributed by atoms with Crippen LogP contribution in [-0.2, 0) is 16.6 Å². The third-order valence-electron chi connectivity index (χ3n) is 5.32. The molecule has 0 bridgehead atoms. The largest absolute Gasteiger partial charge is 0.421 e. The molecule has 0 aliphatic heterocycles. The lowest BCUT2D eigenvalue weighted by atomic mass is 9.92. The fourth-order valence-corrected chi connectivity index (χ4v) is 3.39. The molecule has 7 nitrogen and oxygen atoms in total. The molecule has 170 valence electrons. The SMILES string of the molecule is Cc1ccc(-c2nnc(CCC(=O)Nc3cc(C(C)(C)C)nn3-c3cccc(C)c3)o2)cc1. The molecule has 0 aliphatic carbocycles. The lowest BCUT2D eigenvalue weighted by Crippen LogP contribution is -2.15. The number of carbonyl (C=O) groups is 1. The van der Waals surface area contributed by atoms with E-state index in [0.717, 1.165) is 28.1 Å². The number of nitrogens with zero attached hydrogens (tertiary/aromatic N) is 4. The first-order valence-corrected chi connectivity index (χ1v) is 11.1. The Morgan fingerprint density at radius 2 is 1.76 bits per heavy atom. The van der Waals surface area contributed by atoms with Crippen molar-refractivity contribution in [2.75, 3.05) is 5.32 Å². The summed E-state index contributed by atoms with van der Waals surface area (Å²) >= 11 is 0. The highest BCUT2D eigenvalue weighted by atomic mass is 16.4. The molecule has 2 heterocycles. The molecule has 0 saturated carbocycles. The zero-order valence-electron chi connectivity index (χ0n) is 19.7. The fraction of sp³-hybridized carbons (Fsp3) is 0.308. The summed E-state index contributed by atoms with van der Waals surface area (Å²) in [7, 11) is 0. The maximum atomic E-state index is 12.8. The van der Waals surface area contributed by atoms with Gasteiger partial charge in [0.15, 0.2) is 0 Å². The molecule has 0 unspecified atom stereocenters. The monoisotopic (exact) mass is 443 g/mol. The number of nitrogens with one attached hydrogen (secondary N) is 1. The van der Waals surface area contributed by atoms with Crippen molar-refractivity contribution < 1.29 is 9.21 Å². The fourth-order valence-electron chi connectivity index (χ4n) is 3.39. The van der Waals surface area contributed by atoms with Crippen molar-refractivity contribution in [1.82, 2.24) is 20.0 Å². The minimum Gasteiger partial charge on any atom is -0.421 e. The third-order valence-corrected chi connectivity index (χ3v) is 5.32. The summed E-state index contributed by atoms with van der Waals surface area (Å²) in [5.41, 5.74) is 4.80. The van der Waals surface area contributed by atoms with Crippen LogP contribution in [0.4, 0.5) is 5.82 Å². The van der Waals surface area contributed by atoms with E-state index in [-0.39, 0.29) is 17.7 Å². The Labute approximate surface area is 193 Å². The normalized spacial score (nSPS) is 11.5. The van der Waals surface area contributed by atoms with Gasteiger partial charge >= 0.3 is 0 Å². The van der Waals surface area contributed by atoms with Crippen LogP contribution in [-0.4, -0.2) is 25.9 Å². The van der Waals surface area contributed by atoms with Gasteiger partial charge < -0.3 is 9.73 Å². The van der Waals surface area contributed by atoms with Crippen LogP contribution in [0.3, 0.4) is 0 Å². The minimum absolute atomic E-state index is 0.139. The molecule has 4 aromatic rings. The number of anilines is 1. The molecule has 0 aliphatic rings. The van der Waals surface area contributed by atoms with Crippen molar-refractivity contribution in [2.24, 2.45) is 0 Å². The van der Waals surface area contributed by atoms with Gasteiger partial charge in [-0.1, -0.05) is 50.6 Å². The number of hydrogen-bond acceptors (Lipinski definition) is 5. The molecular weight excluding hydrogens is 414 g/mol. The second kappa shape index (κ2) is 9.02. The van der Waals surface area contributed by atoms with Crippen LogP contribution < -0.4 is 5.32 Å². The third kappa shape index (κ3) is 5.37. The van der Waals surface area contributed by atoms with Crippen molar-refractivity contribution in [2.45, 2.75) is 52.9 Å². The van der Waals surface area contributed by atoms with Crippen molar-refractivity contribution in [1.29, 1.82) is 0 Å². The van der Waals surface area contributed by atoms with Gasteiger partial charge in [-0.2, -0.15) is 5.10 Å². The van der Waals surface area contributed by atoms with E-state index >= 15 is 0 Å². The van der Waals surface area contributed by atoms with E-state index in [1.54, 1.807) is 4.68 Å². The van der Waals surface area contributed by atoms with E-state index in [2.05, 4.69) is 36.3 Å². The van der Waals surface area contributed by atoms with Crippen LogP contribution in [0.1, 0.15) is 49.9 Å². The smallest absolute Gasteiger partial charge is 0.247 e. The second-order valence-corrected chi connectivity index (χ2v) is 9.33. The van der Waals surface area contributed by atoms with Crippen molar-refractivity contribution in [3.05, 3.63) is 77.3 Å². The van der Waals surface area contributed by atoms with Gasteiger partial charge in [0, 0.05) is 29.9 Å². The van der Waals surface area contributed by atoms with Gasteiger partial charge in [0.05, 0.1) is 11.4 Å². The van der Waals surface area contributed by atoms with Crippen LogP contribution in [0, 0.1) is 13.8 Å². The average molecular weight is 444 g/mol. The number of aromatic nitrogens is 4. The Balaban J connectivity index is 1.47. The first kappa shape index (κ1) is 22.5. The number of rotatable bonds is 6. The van der Waals surface area contributed by atoms with Crippen molar-refractivity contribution >= 4 is 11.7 Å². The first-order chi connectivity index (χ1) is 15.7. The molecule has 2 aromatic carbocycles. The Kier molecular flexibility index (Phi) is 6.14. The lowest BCUT2D eigenvalue weighted by molar-refractivity contribution is -0.116. The Hall–Kier alpha value is -3.74. The standard InChI is InChI=1S/C26H29N5O2/c1-17-9-11-19(12-10-17)25-29-28-24(33-25)14-13-23(32)27-22-16-21(26(3,4)5)30-31(22)20-8-6-7-18(2)15-20/h6-12,15-16H,13-14H2,1-5H3,(H,27,32). The summed E-state index contributed by atoms with van der Waals surface area (Å²) in [6, 6.07) is 17.8. The first-order valence-electron chi connectivity index (χ1n) is 11.1. The number of benzene rings is 2. The minimum atomic E-state index is -0.148.